The van der Waals surface area contributed by atoms with E-state index in [9.17, 15) is 4.39 Å². The number of hydrogen-bond acceptors (Lipinski definition) is 1. The number of aliphatic hydroxyl groups excluding tert-OH is 1. The Morgan fingerprint density at radius 2 is 2.00 bits per heavy atom. The van der Waals surface area contributed by atoms with Gasteiger partial charge < -0.3 is 5.11 Å². The molecule has 0 atom stereocenters. The minimum absolute atomic E-state index is 0.141. The maximum atomic E-state index is 12.9. The van der Waals surface area contributed by atoms with Gasteiger partial charge in [0.2, 0.25) is 0 Å². The van der Waals surface area contributed by atoms with Gasteiger partial charge in [-0.3, -0.25) is 0 Å². The maximum absolute atomic E-state index is 12.9. The fourth-order valence-corrected chi connectivity index (χ4v) is 1.02. The van der Waals surface area contributed by atoms with E-state index in [1.54, 1.807) is 0 Å². The summed E-state index contributed by atoms with van der Waals surface area (Å²) in [5.74, 6) is -0.651. The van der Waals surface area contributed by atoms with E-state index in [0.29, 0.717) is 0 Å². The molecule has 1 aromatic rings. The van der Waals surface area contributed by atoms with Gasteiger partial charge >= 0.3 is 0 Å². The van der Waals surface area contributed by atoms with Crippen LogP contribution in [-0.4, -0.2) is 5.11 Å². The minimum atomic E-state index is -0.651. The molecular weight excluding hydrogens is 190 g/mol. The molecule has 0 saturated heterocycles. The van der Waals surface area contributed by atoms with Crippen LogP contribution in [-0.2, 0) is 6.61 Å². The third kappa shape index (κ3) is 1.64. The molecule has 4 heteroatoms. The topological polar surface area (TPSA) is 20.2 Å². The van der Waals surface area contributed by atoms with Crippen LogP contribution >= 0.6 is 23.2 Å². The molecule has 0 aliphatic rings. The quantitative estimate of drug-likeness (QED) is 0.682. The molecule has 0 spiro atoms. The molecule has 0 amide bonds. The standard InChI is InChI=1S/C7H5Cl2FO/c8-5-2-1-4(3-11)7(10)6(5)9/h1-2,11H,3H2. The summed E-state index contributed by atoms with van der Waals surface area (Å²) in [6.45, 7) is -0.372. The van der Waals surface area contributed by atoms with Gasteiger partial charge in [0.1, 0.15) is 5.82 Å². The van der Waals surface area contributed by atoms with Gasteiger partial charge in [0.25, 0.3) is 0 Å². The van der Waals surface area contributed by atoms with Gasteiger partial charge in [0.05, 0.1) is 16.7 Å². The second-order valence-electron chi connectivity index (χ2n) is 1.99. The zero-order valence-electron chi connectivity index (χ0n) is 5.44. The number of hydrogen-bond donors (Lipinski definition) is 1. The first-order valence-corrected chi connectivity index (χ1v) is 3.65. The highest BCUT2D eigenvalue weighted by Crippen LogP contribution is 2.26. The Balaban J connectivity index is 3.25. The van der Waals surface area contributed by atoms with Crippen molar-refractivity contribution in [2.24, 2.45) is 0 Å². The zero-order valence-corrected chi connectivity index (χ0v) is 6.95. The molecule has 1 nitrogen and oxygen atoms in total. The van der Waals surface area contributed by atoms with Crippen molar-refractivity contribution >= 4 is 23.2 Å². The predicted octanol–water partition coefficient (Wildman–Crippen LogP) is 2.62. The third-order valence-electron chi connectivity index (χ3n) is 1.29. The number of halogens is 3. The van der Waals surface area contributed by atoms with Crippen molar-refractivity contribution in [1.82, 2.24) is 0 Å². The summed E-state index contributed by atoms with van der Waals surface area (Å²) < 4.78 is 12.9. The summed E-state index contributed by atoms with van der Waals surface area (Å²) >= 11 is 10.9. The second kappa shape index (κ2) is 3.39. The molecule has 1 aromatic carbocycles. The molecule has 0 aliphatic heterocycles. The highest BCUT2D eigenvalue weighted by molar-refractivity contribution is 6.42. The first-order valence-electron chi connectivity index (χ1n) is 2.90. The van der Waals surface area contributed by atoms with Crippen molar-refractivity contribution in [3.8, 4) is 0 Å². The van der Waals surface area contributed by atoms with E-state index in [-0.39, 0.29) is 22.2 Å². The first-order chi connectivity index (χ1) is 5.16. The monoisotopic (exact) mass is 194 g/mol. The van der Waals surface area contributed by atoms with Crippen molar-refractivity contribution < 1.29 is 9.50 Å². The Kier molecular flexibility index (Phi) is 2.71. The summed E-state index contributed by atoms with van der Waals surface area (Å²) in [7, 11) is 0. The molecule has 60 valence electrons. The Hall–Kier alpha value is -0.310. The Bertz CT molecular complexity index is 275. The summed E-state index contributed by atoms with van der Waals surface area (Å²) in [5, 5.41) is 8.61. The van der Waals surface area contributed by atoms with E-state index < -0.39 is 5.82 Å². The first kappa shape index (κ1) is 8.78. The van der Waals surface area contributed by atoms with Gasteiger partial charge in [-0.25, -0.2) is 4.39 Å². The van der Waals surface area contributed by atoms with Crippen LogP contribution < -0.4 is 0 Å². The lowest BCUT2D eigenvalue weighted by Gasteiger charge is -2.01. The largest absolute Gasteiger partial charge is 0.392 e. The second-order valence-corrected chi connectivity index (χ2v) is 2.78. The fraction of sp³-hybridized carbons (Fsp3) is 0.143. The van der Waals surface area contributed by atoms with Gasteiger partial charge in [-0.1, -0.05) is 29.3 Å². The van der Waals surface area contributed by atoms with Crippen molar-refractivity contribution in [2.75, 3.05) is 0 Å². The van der Waals surface area contributed by atoms with Crippen LogP contribution in [0.15, 0.2) is 12.1 Å². The average Bonchev–Trinajstić information content (AvgIpc) is 2.01. The molecule has 1 rings (SSSR count). The lowest BCUT2D eigenvalue weighted by molar-refractivity contribution is 0.276. The van der Waals surface area contributed by atoms with Gasteiger partial charge in [-0.2, -0.15) is 0 Å². The average molecular weight is 195 g/mol. The number of benzene rings is 1. The van der Waals surface area contributed by atoms with Crippen LogP contribution in [0.3, 0.4) is 0 Å². The molecule has 0 fully saturated rings. The van der Waals surface area contributed by atoms with E-state index in [2.05, 4.69) is 0 Å². The molecule has 0 saturated carbocycles. The maximum Gasteiger partial charge on any atom is 0.148 e. The highest BCUT2D eigenvalue weighted by atomic mass is 35.5. The Morgan fingerprint density at radius 1 is 1.36 bits per heavy atom. The van der Waals surface area contributed by atoms with Crippen LogP contribution in [0.2, 0.25) is 10.0 Å². The molecule has 1 N–H and O–H groups in total. The van der Waals surface area contributed by atoms with E-state index in [4.69, 9.17) is 28.3 Å². The van der Waals surface area contributed by atoms with E-state index in [1.165, 1.54) is 12.1 Å². The molecule has 0 aliphatic carbocycles. The molecule has 11 heavy (non-hydrogen) atoms. The van der Waals surface area contributed by atoms with Crippen molar-refractivity contribution in [3.63, 3.8) is 0 Å². The van der Waals surface area contributed by atoms with Crippen LogP contribution in [0.4, 0.5) is 4.39 Å². The smallest absolute Gasteiger partial charge is 0.148 e. The molecular formula is C7H5Cl2FO. The molecule has 0 unspecified atom stereocenters. The van der Waals surface area contributed by atoms with Crippen molar-refractivity contribution in [1.29, 1.82) is 0 Å². The third-order valence-corrected chi connectivity index (χ3v) is 2.07. The lowest BCUT2D eigenvalue weighted by Crippen LogP contribution is -1.90. The summed E-state index contributed by atoms with van der Waals surface area (Å²) in [4.78, 5) is 0. The zero-order chi connectivity index (χ0) is 8.43. The van der Waals surface area contributed by atoms with Gasteiger partial charge in [0.15, 0.2) is 0 Å². The Labute approximate surface area is 73.4 Å². The highest BCUT2D eigenvalue weighted by Gasteiger charge is 2.08. The van der Waals surface area contributed by atoms with Crippen LogP contribution in [0, 0.1) is 5.82 Å². The van der Waals surface area contributed by atoms with Crippen LogP contribution in [0.1, 0.15) is 5.56 Å². The van der Waals surface area contributed by atoms with Gasteiger partial charge in [0, 0.05) is 5.56 Å². The van der Waals surface area contributed by atoms with Crippen LogP contribution in [0.25, 0.3) is 0 Å². The molecule has 0 heterocycles. The fourth-order valence-electron chi connectivity index (χ4n) is 0.688. The summed E-state index contributed by atoms with van der Waals surface area (Å²) in [6.07, 6.45) is 0. The minimum Gasteiger partial charge on any atom is -0.392 e. The molecule has 0 bridgehead atoms. The summed E-state index contributed by atoms with van der Waals surface area (Å²) in [5.41, 5.74) is 0.152. The van der Waals surface area contributed by atoms with E-state index in [0.717, 1.165) is 0 Å². The van der Waals surface area contributed by atoms with E-state index >= 15 is 0 Å². The molecule has 0 radical (unpaired) electrons. The van der Waals surface area contributed by atoms with Crippen molar-refractivity contribution in [2.45, 2.75) is 6.61 Å². The van der Waals surface area contributed by atoms with Gasteiger partial charge in [-0.15, -0.1) is 0 Å². The predicted molar refractivity (Wildman–Crippen MR) is 42.3 cm³/mol. The van der Waals surface area contributed by atoms with E-state index in [1.807, 2.05) is 0 Å². The normalized spacial score (nSPS) is 10.2. The number of aliphatic hydroxyl groups is 1. The lowest BCUT2D eigenvalue weighted by atomic mass is 10.2. The SMILES string of the molecule is OCc1ccc(Cl)c(Cl)c1F. The Morgan fingerprint density at radius 3 is 2.55 bits per heavy atom. The van der Waals surface area contributed by atoms with Crippen LogP contribution in [0.5, 0.6) is 0 Å². The van der Waals surface area contributed by atoms with Gasteiger partial charge in [-0.05, 0) is 6.07 Å². The number of rotatable bonds is 1. The van der Waals surface area contributed by atoms with Crippen molar-refractivity contribution in [3.05, 3.63) is 33.6 Å². The summed E-state index contributed by atoms with van der Waals surface area (Å²) in [6, 6.07) is 2.84. The molecule has 0 aromatic heterocycles.